The molecule has 9 heteroatoms. The molecule has 1 N–H and O–H groups in total. The largest absolute Gasteiger partial charge is 0.394 e. The Morgan fingerprint density at radius 2 is 1.96 bits per heavy atom. The molecule has 132 valence electrons. The Bertz CT molecular complexity index is 1060. The highest BCUT2D eigenvalue weighted by atomic mass is 19.3. The van der Waals surface area contributed by atoms with E-state index in [1.165, 1.54) is 16.6 Å². The van der Waals surface area contributed by atoms with Crippen LogP contribution >= 0.6 is 0 Å². The van der Waals surface area contributed by atoms with Crippen LogP contribution in [-0.4, -0.2) is 41.1 Å². The van der Waals surface area contributed by atoms with Crippen molar-refractivity contribution in [3.8, 4) is 22.5 Å². The summed E-state index contributed by atoms with van der Waals surface area (Å²) in [5, 5.41) is 17.1. The molecule has 26 heavy (non-hydrogen) atoms. The van der Waals surface area contributed by atoms with E-state index in [4.69, 9.17) is 5.11 Å². The second-order valence-electron chi connectivity index (χ2n) is 5.62. The number of fused-ring (bicyclic) bond motifs is 1. The summed E-state index contributed by atoms with van der Waals surface area (Å²) in [5.74, 6) is 0. The molecule has 4 rings (SSSR count). The topological polar surface area (TPSA) is 81.1 Å². The molecule has 0 bridgehead atoms. The molecule has 4 aromatic rings. The number of nitrogens with zero attached hydrogens (tertiary/aromatic N) is 6. The quantitative estimate of drug-likeness (QED) is 0.594. The lowest BCUT2D eigenvalue weighted by atomic mass is 10.1. The third kappa shape index (κ3) is 2.93. The number of hydrogen-bond acceptors (Lipinski definition) is 5. The Morgan fingerprint density at radius 1 is 1.08 bits per heavy atom. The molecular weight excluding hydrogens is 342 g/mol. The first-order valence-electron chi connectivity index (χ1n) is 7.88. The van der Waals surface area contributed by atoms with E-state index in [0.717, 1.165) is 11.1 Å². The molecule has 0 spiro atoms. The lowest BCUT2D eigenvalue weighted by molar-refractivity contribution is 0.144. The highest BCUT2D eigenvalue weighted by Gasteiger charge is 2.14. The van der Waals surface area contributed by atoms with E-state index >= 15 is 0 Å². The average molecular weight is 356 g/mol. The maximum atomic E-state index is 13.0. The molecule has 4 aromatic heterocycles. The summed E-state index contributed by atoms with van der Waals surface area (Å²) >= 11 is 0. The van der Waals surface area contributed by atoms with Crippen LogP contribution in [0.2, 0.25) is 0 Å². The van der Waals surface area contributed by atoms with E-state index in [1.807, 2.05) is 6.07 Å². The fraction of sp³-hybridized carbons (Fsp3) is 0.176. The molecule has 4 heterocycles. The summed E-state index contributed by atoms with van der Waals surface area (Å²) in [5.41, 5.74) is 2.97. The van der Waals surface area contributed by atoms with Crippen LogP contribution in [-0.2, 0) is 6.54 Å². The van der Waals surface area contributed by atoms with Gasteiger partial charge >= 0.3 is 0 Å². The van der Waals surface area contributed by atoms with Crippen molar-refractivity contribution in [2.45, 2.75) is 13.0 Å². The minimum Gasteiger partial charge on any atom is -0.394 e. The maximum Gasteiger partial charge on any atom is 0.282 e. The van der Waals surface area contributed by atoms with Crippen LogP contribution in [0.3, 0.4) is 0 Å². The molecule has 0 saturated heterocycles. The lowest BCUT2D eigenvalue weighted by Crippen LogP contribution is -2.01. The fourth-order valence-electron chi connectivity index (χ4n) is 2.67. The van der Waals surface area contributed by atoms with Gasteiger partial charge in [-0.25, -0.2) is 18.3 Å². The van der Waals surface area contributed by atoms with E-state index in [1.54, 1.807) is 35.5 Å². The molecule has 0 aliphatic heterocycles. The fourth-order valence-corrected chi connectivity index (χ4v) is 2.67. The first kappa shape index (κ1) is 16.3. The standard InChI is InChI=1S/C17H14F2N6O/c18-17(19)13-1-2-16-21-9-15(25(16)23-13)11-3-4-20-14(7-11)12-8-22-24(10-12)5-6-26/h1-4,7-10,17,26H,5-6H2. The van der Waals surface area contributed by atoms with Gasteiger partial charge < -0.3 is 5.11 Å². The van der Waals surface area contributed by atoms with E-state index in [2.05, 4.69) is 20.2 Å². The normalized spacial score (nSPS) is 11.5. The first-order valence-corrected chi connectivity index (χ1v) is 7.88. The molecule has 0 saturated carbocycles. The van der Waals surface area contributed by atoms with Crippen molar-refractivity contribution >= 4 is 5.65 Å². The van der Waals surface area contributed by atoms with Gasteiger partial charge in [0.05, 0.1) is 36.9 Å². The van der Waals surface area contributed by atoms with Gasteiger partial charge in [0.1, 0.15) is 5.69 Å². The number of hydrogen-bond donors (Lipinski definition) is 1. The van der Waals surface area contributed by atoms with Gasteiger partial charge in [0, 0.05) is 23.5 Å². The van der Waals surface area contributed by atoms with Crippen LogP contribution in [0.15, 0.2) is 49.1 Å². The number of alkyl halides is 2. The van der Waals surface area contributed by atoms with E-state index in [9.17, 15) is 8.78 Å². The van der Waals surface area contributed by atoms with E-state index in [-0.39, 0.29) is 12.3 Å². The number of imidazole rings is 1. The summed E-state index contributed by atoms with van der Waals surface area (Å²) in [6.07, 6.45) is 4.00. The second kappa shape index (κ2) is 6.60. The number of aliphatic hydroxyl groups excluding tert-OH is 1. The molecule has 0 amide bonds. The summed E-state index contributed by atoms with van der Waals surface area (Å²) in [7, 11) is 0. The van der Waals surface area contributed by atoms with Crippen molar-refractivity contribution in [2.24, 2.45) is 0 Å². The van der Waals surface area contributed by atoms with Crippen LogP contribution in [0.5, 0.6) is 0 Å². The number of rotatable bonds is 5. The number of aliphatic hydroxyl groups is 1. The van der Waals surface area contributed by atoms with Crippen molar-refractivity contribution in [3.05, 3.63) is 54.7 Å². The maximum absolute atomic E-state index is 13.0. The van der Waals surface area contributed by atoms with Gasteiger partial charge in [-0.2, -0.15) is 10.2 Å². The predicted octanol–water partition coefficient (Wildman–Crippen LogP) is 2.58. The summed E-state index contributed by atoms with van der Waals surface area (Å²) < 4.78 is 28.9. The zero-order valence-electron chi connectivity index (χ0n) is 13.5. The molecule has 0 aliphatic carbocycles. The van der Waals surface area contributed by atoms with Crippen molar-refractivity contribution < 1.29 is 13.9 Å². The molecule has 0 aromatic carbocycles. The Hall–Kier alpha value is -3.20. The third-order valence-electron chi connectivity index (χ3n) is 3.92. The highest BCUT2D eigenvalue weighted by molar-refractivity contribution is 5.69. The van der Waals surface area contributed by atoms with Gasteiger partial charge in [0.15, 0.2) is 5.65 Å². The van der Waals surface area contributed by atoms with Crippen LogP contribution in [0, 0.1) is 0 Å². The van der Waals surface area contributed by atoms with Crippen LogP contribution in [0.4, 0.5) is 8.78 Å². The second-order valence-corrected chi connectivity index (χ2v) is 5.62. The zero-order chi connectivity index (χ0) is 18.1. The van der Waals surface area contributed by atoms with Crippen molar-refractivity contribution in [1.82, 2.24) is 29.4 Å². The Labute approximate surface area is 146 Å². The van der Waals surface area contributed by atoms with Crippen LogP contribution in [0.25, 0.3) is 28.2 Å². The highest BCUT2D eigenvalue weighted by Crippen LogP contribution is 2.25. The average Bonchev–Trinajstić information content (AvgIpc) is 3.28. The van der Waals surface area contributed by atoms with E-state index in [0.29, 0.717) is 23.6 Å². The molecule has 0 fully saturated rings. The zero-order valence-corrected chi connectivity index (χ0v) is 13.5. The van der Waals surface area contributed by atoms with Gasteiger partial charge in [-0.05, 0) is 24.3 Å². The summed E-state index contributed by atoms with van der Waals surface area (Å²) in [6.45, 7) is 0.391. The summed E-state index contributed by atoms with van der Waals surface area (Å²) in [4.78, 5) is 8.55. The number of pyridine rings is 1. The molecule has 0 atom stereocenters. The molecule has 0 aliphatic rings. The minimum atomic E-state index is -2.65. The van der Waals surface area contributed by atoms with Crippen LogP contribution < -0.4 is 0 Å². The molecular formula is C17H14F2N6O. The molecule has 7 nitrogen and oxygen atoms in total. The lowest BCUT2D eigenvalue weighted by Gasteiger charge is -2.05. The van der Waals surface area contributed by atoms with Gasteiger partial charge in [-0.3, -0.25) is 9.67 Å². The predicted molar refractivity (Wildman–Crippen MR) is 89.5 cm³/mol. The molecule has 0 unspecified atom stereocenters. The Morgan fingerprint density at radius 3 is 2.77 bits per heavy atom. The SMILES string of the molecule is OCCn1cc(-c2cc(-c3cnc4ccc(C(F)F)nn34)ccn2)cn1. The Balaban J connectivity index is 1.76. The van der Waals surface area contributed by atoms with Crippen molar-refractivity contribution in [1.29, 1.82) is 0 Å². The van der Waals surface area contributed by atoms with Gasteiger partial charge in [0.25, 0.3) is 6.43 Å². The van der Waals surface area contributed by atoms with Crippen LogP contribution in [0.1, 0.15) is 12.1 Å². The Kier molecular flexibility index (Phi) is 4.13. The number of halogens is 2. The monoisotopic (exact) mass is 356 g/mol. The van der Waals surface area contributed by atoms with Gasteiger partial charge in [-0.1, -0.05) is 0 Å². The van der Waals surface area contributed by atoms with Gasteiger partial charge in [-0.15, -0.1) is 0 Å². The third-order valence-corrected chi connectivity index (χ3v) is 3.92. The van der Waals surface area contributed by atoms with E-state index < -0.39 is 6.43 Å². The first-order chi connectivity index (χ1) is 12.7. The van der Waals surface area contributed by atoms with Crippen molar-refractivity contribution in [2.75, 3.05) is 6.61 Å². The molecule has 0 radical (unpaired) electrons. The summed E-state index contributed by atoms with van der Waals surface area (Å²) in [6, 6.07) is 6.37. The van der Waals surface area contributed by atoms with Crippen molar-refractivity contribution in [3.63, 3.8) is 0 Å². The number of aromatic nitrogens is 6. The smallest absolute Gasteiger partial charge is 0.282 e. The van der Waals surface area contributed by atoms with Gasteiger partial charge in [0.2, 0.25) is 0 Å². The minimum absolute atomic E-state index is 0.00541.